The second-order valence-corrected chi connectivity index (χ2v) is 17.2. The van der Waals surface area contributed by atoms with E-state index in [4.69, 9.17) is 20.7 Å². The third kappa shape index (κ3) is 16.1. The Bertz CT molecular complexity index is 1590. The van der Waals surface area contributed by atoms with Crippen LogP contribution in [0.15, 0.2) is 96.9 Å². The average molecular weight is 735 g/mol. The molecule has 2 N–H and O–H groups in total. The van der Waals surface area contributed by atoms with Crippen LogP contribution in [0.1, 0.15) is 24.5 Å². The van der Waals surface area contributed by atoms with E-state index in [1.54, 1.807) is 38.1 Å². The quantitative estimate of drug-likeness (QED) is 0.135. The van der Waals surface area contributed by atoms with E-state index in [0.29, 0.717) is 37.5 Å². The van der Waals surface area contributed by atoms with Gasteiger partial charge >= 0.3 is 0 Å². The zero-order valence-electron chi connectivity index (χ0n) is 28.8. The van der Waals surface area contributed by atoms with E-state index in [0.717, 1.165) is 30.6 Å². The van der Waals surface area contributed by atoms with Crippen molar-refractivity contribution in [2.45, 2.75) is 37.6 Å². The molecule has 49 heavy (non-hydrogen) atoms. The van der Waals surface area contributed by atoms with Crippen LogP contribution in [-0.2, 0) is 60.9 Å². The maximum Gasteiger partial charge on any atom is 0.240 e. The summed E-state index contributed by atoms with van der Waals surface area (Å²) in [5, 5.41) is 2.95. The molecule has 3 unspecified atom stereocenters. The van der Waals surface area contributed by atoms with Gasteiger partial charge in [-0.3, -0.25) is 18.5 Å². The maximum absolute atomic E-state index is 13.6. The molecule has 3 rings (SSSR count). The van der Waals surface area contributed by atoms with Crippen LogP contribution in [0, 0.1) is 0 Å². The maximum atomic E-state index is 13.6. The summed E-state index contributed by atoms with van der Waals surface area (Å²) in [6.07, 6.45) is 6.54. The lowest BCUT2D eigenvalue weighted by Gasteiger charge is -2.31. The lowest BCUT2D eigenvalue weighted by Crippen LogP contribution is -2.52. The number of carbonyl (C=O) groups excluding carboxylic acids is 2. The summed E-state index contributed by atoms with van der Waals surface area (Å²) in [7, 11) is -1.96. The van der Waals surface area contributed by atoms with Gasteiger partial charge in [-0.1, -0.05) is 67.2 Å². The van der Waals surface area contributed by atoms with Crippen LogP contribution in [0.2, 0.25) is 0 Å². The first-order valence-electron chi connectivity index (χ1n) is 15.9. The van der Waals surface area contributed by atoms with Crippen molar-refractivity contribution < 1.29 is 31.7 Å². The molecule has 0 bridgehead atoms. The highest BCUT2D eigenvalue weighted by Gasteiger charge is 2.31. The highest BCUT2D eigenvalue weighted by atomic mass is 32.8. The highest BCUT2D eigenvalue weighted by Crippen LogP contribution is 2.15. The Morgan fingerprint density at radius 3 is 2.14 bits per heavy atom. The molecule has 3 atom stereocenters. The number of hydrogen-bond acceptors (Lipinski definition) is 9. The Morgan fingerprint density at radius 2 is 1.63 bits per heavy atom. The zero-order chi connectivity index (χ0) is 36.3. The van der Waals surface area contributed by atoms with Crippen LogP contribution in [0.5, 0.6) is 0 Å². The van der Waals surface area contributed by atoms with Gasteiger partial charge in [-0.2, -0.15) is 0 Å². The monoisotopic (exact) mass is 734 g/mol. The van der Waals surface area contributed by atoms with Gasteiger partial charge < -0.3 is 24.6 Å². The SMILES string of the molecule is C=C/C(=C\C=C(/C)NS(=O)(=O)CC(CCc1ccccc1)N(C)C(=O)C(CS(=O)(=S)Cc1ccccc1)NC)OC.O=CN1CCOCC1. The van der Waals surface area contributed by atoms with Crippen molar-refractivity contribution in [1.82, 2.24) is 19.8 Å². The molecule has 2 amide bonds. The van der Waals surface area contributed by atoms with Gasteiger partial charge in [0.05, 0.1) is 43.6 Å². The van der Waals surface area contributed by atoms with E-state index in [2.05, 4.69) is 16.6 Å². The number of aryl methyl sites for hydroxylation is 1. The second kappa shape index (κ2) is 21.5. The predicted molar refractivity (Wildman–Crippen MR) is 199 cm³/mol. The Labute approximate surface area is 297 Å². The van der Waals surface area contributed by atoms with Crippen molar-refractivity contribution in [1.29, 1.82) is 0 Å². The van der Waals surface area contributed by atoms with E-state index in [-0.39, 0.29) is 23.2 Å². The van der Waals surface area contributed by atoms with E-state index >= 15 is 0 Å². The number of likely N-dealkylation sites (N-methyl/N-ethyl adjacent to an activating group) is 2. The lowest BCUT2D eigenvalue weighted by molar-refractivity contribution is -0.133. The van der Waals surface area contributed by atoms with Crippen molar-refractivity contribution in [2.24, 2.45) is 0 Å². The molecule has 2 aromatic carbocycles. The summed E-state index contributed by atoms with van der Waals surface area (Å²) in [6.45, 7) is 8.16. The van der Waals surface area contributed by atoms with E-state index in [9.17, 15) is 22.2 Å². The number of rotatable bonds is 18. The van der Waals surface area contributed by atoms with Crippen molar-refractivity contribution in [3.63, 3.8) is 0 Å². The van der Waals surface area contributed by atoms with Crippen LogP contribution in [0.4, 0.5) is 0 Å². The topological polar surface area (TPSA) is 134 Å². The van der Waals surface area contributed by atoms with Crippen LogP contribution in [-0.4, -0.2) is 106 Å². The van der Waals surface area contributed by atoms with Gasteiger partial charge in [0.2, 0.25) is 22.3 Å². The van der Waals surface area contributed by atoms with Gasteiger partial charge in [0.25, 0.3) is 0 Å². The standard InChI is InChI=1S/C30H41N3O5S3.C5H9NO2/c1-6-28(38-5)20-17-24(2)32-41(36,37)22-27(19-18-25-13-9-7-10-14-25)33(4)30(34)29(31-3)23-40(35,39)21-26-15-11-8-12-16-26;7-5-6-1-3-8-4-2-6/h6-17,20,27,29,31-32H,1,18-19,21-23H2,2-5H3;5H,1-4H2/b24-17+,28-20+;. The Morgan fingerprint density at radius 1 is 1.04 bits per heavy atom. The normalized spacial score (nSPS) is 16.2. The van der Waals surface area contributed by atoms with Gasteiger partial charge in [-0.05, 0) is 67.4 Å². The fourth-order valence-electron chi connectivity index (χ4n) is 4.90. The minimum absolute atomic E-state index is 0.0490. The average Bonchev–Trinajstić information content (AvgIpc) is 3.10. The Kier molecular flexibility index (Phi) is 18.3. The summed E-state index contributed by atoms with van der Waals surface area (Å²) >= 11 is 5.44. The van der Waals surface area contributed by atoms with Crippen LogP contribution >= 0.6 is 0 Å². The molecule has 270 valence electrons. The minimum Gasteiger partial charge on any atom is -0.497 e. The molecule has 0 spiro atoms. The number of nitrogens with one attached hydrogen (secondary N) is 2. The molecule has 0 radical (unpaired) electrons. The number of methoxy groups -OCH3 is 1. The van der Waals surface area contributed by atoms with Crippen LogP contribution in [0.25, 0.3) is 0 Å². The first kappa shape index (κ1) is 41.6. The molecular formula is C35H50N4O7S3. The molecule has 2 aromatic rings. The molecular weight excluding hydrogens is 685 g/mol. The molecule has 1 aliphatic rings. The van der Waals surface area contributed by atoms with E-state index < -0.39 is 30.6 Å². The molecule has 1 aliphatic heterocycles. The van der Waals surface area contributed by atoms with Gasteiger partial charge in [0, 0.05) is 40.4 Å². The van der Waals surface area contributed by atoms with Crippen molar-refractivity contribution in [3.05, 3.63) is 108 Å². The molecule has 1 saturated heterocycles. The molecule has 0 saturated carbocycles. The first-order valence-corrected chi connectivity index (χ1v) is 20.3. The molecule has 1 fully saturated rings. The summed E-state index contributed by atoms with van der Waals surface area (Å²) in [4.78, 5) is 26.8. The second-order valence-electron chi connectivity index (χ2n) is 11.5. The molecule has 11 nitrogen and oxygen atoms in total. The Balaban J connectivity index is 0.000000908. The van der Waals surface area contributed by atoms with Crippen LogP contribution in [0.3, 0.4) is 0 Å². The number of nitrogens with zero attached hydrogens (tertiary/aromatic N) is 2. The van der Waals surface area contributed by atoms with Crippen molar-refractivity contribution in [2.75, 3.05) is 59.0 Å². The van der Waals surface area contributed by atoms with E-state index in [1.807, 2.05) is 60.7 Å². The summed E-state index contributed by atoms with van der Waals surface area (Å²) < 4.78 is 52.4. The Hall–Kier alpha value is -3.56. The zero-order valence-corrected chi connectivity index (χ0v) is 31.2. The highest BCUT2D eigenvalue weighted by molar-refractivity contribution is 8.32. The number of morpholine rings is 1. The smallest absolute Gasteiger partial charge is 0.240 e. The van der Waals surface area contributed by atoms with Crippen molar-refractivity contribution >= 4 is 42.0 Å². The number of amides is 2. The number of hydrogen-bond donors (Lipinski definition) is 2. The fourth-order valence-corrected chi connectivity index (χ4v) is 8.89. The molecule has 0 aliphatic carbocycles. The minimum atomic E-state index is -3.84. The molecule has 14 heteroatoms. The number of allylic oxidation sites excluding steroid dienone is 4. The summed E-state index contributed by atoms with van der Waals surface area (Å²) in [5.74, 6) is -0.0768. The largest absolute Gasteiger partial charge is 0.497 e. The van der Waals surface area contributed by atoms with Gasteiger partial charge in [0.1, 0.15) is 5.76 Å². The van der Waals surface area contributed by atoms with Gasteiger partial charge in [-0.15, -0.1) is 0 Å². The number of benzene rings is 2. The molecule has 0 aromatic heterocycles. The van der Waals surface area contributed by atoms with E-state index in [1.165, 1.54) is 18.1 Å². The molecule has 1 heterocycles. The fraction of sp³-hybridized carbons (Fsp3) is 0.429. The van der Waals surface area contributed by atoms with Crippen molar-refractivity contribution in [3.8, 4) is 0 Å². The first-order chi connectivity index (χ1) is 23.3. The van der Waals surface area contributed by atoms with Gasteiger partial charge in [0.15, 0.2) is 0 Å². The lowest BCUT2D eigenvalue weighted by atomic mass is 10.0. The summed E-state index contributed by atoms with van der Waals surface area (Å²) in [5.41, 5.74) is 2.25. The van der Waals surface area contributed by atoms with Gasteiger partial charge in [-0.25, -0.2) is 8.42 Å². The third-order valence-corrected chi connectivity index (χ3v) is 11.5. The number of ether oxygens (including phenoxy) is 2. The summed E-state index contributed by atoms with van der Waals surface area (Å²) in [6, 6.07) is 17.5. The number of carbonyl (C=O) groups is 2. The number of sulfonamides is 1. The predicted octanol–water partition coefficient (Wildman–Crippen LogP) is 3.00. The third-order valence-electron chi connectivity index (χ3n) is 7.66. The van der Waals surface area contributed by atoms with Crippen LogP contribution < -0.4 is 10.0 Å².